The largest absolute Gasteiger partial charge is 0.494 e. The fourth-order valence-corrected chi connectivity index (χ4v) is 1.94. The molecule has 5 heteroatoms. The van der Waals surface area contributed by atoms with Crippen LogP contribution < -0.4 is 9.47 Å². The van der Waals surface area contributed by atoms with E-state index in [1.54, 1.807) is 6.08 Å². The second kappa shape index (κ2) is 8.08. The molecule has 0 spiro atoms. The molecule has 0 fully saturated rings. The Morgan fingerprint density at radius 1 is 1.13 bits per heavy atom. The van der Waals surface area contributed by atoms with E-state index in [2.05, 4.69) is 4.74 Å². The van der Waals surface area contributed by atoms with Crippen molar-refractivity contribution in [2.45, 2.75) is 13.5 Å². The van der Waals surface area contributed by atoms with Gasteiger partial charge in [0.15, 0.2) is 5.78 Å². The highest BCUT2D eigenvalue weighted by Crippen LogP contribution is 2.17. The quantitative estimate of drug-likeness (QED) is 0.553. The van der Waals surface area contributed by atoms with Crippen molar-refractivity contribution in [3.63, 3.8) is 0 Å². The van der Waals surface area contributed by atoms with Gasteiger partial charge in [-0.05, 0) is 55.0 Å². The second-order valence-electron chi connectivity index (χ2n) is 4.61. The van der Waals surface area contributed by atoms with Gasteiger partial charge in [-0.3, -0.25) is 4.79 Å². The van der Waals surface area contributed by atoms with E-state index in [0.717, 1.165) is 11.3 Å². The molecular formula is C18H16F2O3. The molecule has 0 amide bonds. The molecule has 120 valence electrons. The van der Waals surface area contributed by atoms with Gasteiger partial charge in [0.1, 0.15) is 11.5 Å². The molecule has 0 heterocycles. The molecule has 0 bridgehead atoms. The van der Waals surface area contributed by atoms with E-state index in [4.69, 9.17) is 4.74 Å². The molecule has 0 aliphatic heterocycles. The number of rotatable bonds is 7. The molecule has 0 saturated heterocycles. The summed E-state index contributed by atoms with van der Waals surface area (Å²) in [6, 6.07) is 12.9. The highest BCUT2D eigenvalue weighted by atomic mass is 19.3. The Hall–Kier alpha value is -2.69. The number of halogens is 2. The van der Waals surface area contributed by atoms with Crippen LogP contribution in [0, 0.1) is 0 Å². The van der Waals surface area contributed by atoms with E-state index in [-0.39, 0.29) is 11.5 Å². The zero-order chi connectivity index (χ0) is 16.7. The number of hydrogen-bond donors (Lipinski definition) is 0. The maximum Gasteiger partial charge on any atom is 0.387 e. The summed E-state index contributed by atoms with van der Waals surface area (Å²) in [5.74, 6) is 0.524. The SMILES string of the molecule is CCOc1cccc(/C=C/C(=O)c2ccc(OC(F)F)cc2)c1. The summed E-state index contributed by atoms with van der Waals surface area (Å²) in [6.45, 7) is -0.416. The summed E-state index contributed by atoms with van der Waals surface area (Å²) in [5, 5.41) is 0. The Morgan fingerprint density at radius 3 is 2.52 bits per heavy atom. The molecule has 0 unspecified atom stereocenters. The van der Waals surface area contributed by atoms with Crippen LogP contribution >= 0.6 is 0 Å². The number of carbonyl (C=O) groups is 1. The highest BCUT2D eigenvalue weighted by Gasteiger charge is 2.06. The Morgan fingerprint density at radius 2 is 1.87 bits per heavy atom. The zero-order valence-corrected chi connectivity index (χ0v) is 12.5. The van der Waals surface area contributed by atoms with Gasteiger partial charge in [-0.15, -0.1) is 0 Å². The molecule has 0 radical (unpaired) electrons. The Labute approximate surface area is 133 Å². The molecule has 2 aromatic carbocycles. The molecule has 2 rings (SSSR count). The normalized spacial score (nSPS) is 11.0. The van der Waals surface area contributed by atoms with Gasteiger partial charge in [-0.25, -0.2) is 0 Å². The first-order chi connectivity index (χ1) is 11.1. The van der Waals surface area contributed by atoms with Crippen molar-refractivity contribution in [3.05, 3.63) is 65.7 Å². The Bertz CT molecular complexity index is 679. The number of ether oxygens (including phenoxy) is 2. The van der Waals surface area contributed by atoms with Gasteiger partial charge in [-0.2, -0.15) is 8.78 Å². The first kappa shape index (κ1) is 16.7. The van der Waals surface area contributed by atoms with Crippen molar-refractivity contribution in [1.29, 1.82) is 0 Å². The first-order valence-corrected chi connectivity index (χ1v) is 7.08. The molecule has 3 nitrogen and oxygen atoms in total. The van der Waals surface area contributed by atoms with Gasteiger partial charge >= 0.3 is 6.61 Å². The Balaban J connectivity index is 2.04. The Kier molecular flexibility index (Phi) is 5.86. The van der Waals surface area contributed by atoms with Crippen molar-refractivity contribution in [2.75, 3.05) is 6.61 Å². The van der Waals surface area contributed by atoms with E-state index in [1.165, 1.54) is 30.3 Å². The minimum Gasteiger partial charge on any atom is -0.494 e. The highest BCUT2D eigenvalue weighted by molar-refractivity contribution is 6.06. The first-order valence-electron chi connectivity index (χ1n) is 7.08. The third kappa shape index (κ3) is 5.21. The fourth-order valence-electron chi connectivity index (χ4n) is 1.94. The number of hydrogen-bond acceptors (Lipinski definition) is 3. The van der Waals surface area contributed by atoms with Gasteiger partial charge in [-0.1, -0.05) is 18.2 Å². The number of ketones is 1. The van der Waals surface area contributed by atoms with Crippen LogP contribution in [-0.2, 0) is 0 Å². The molecule has 0 N–H and O–H groups in total. The third-order valence-corrected chi connectivity index (χ3v) is 2.96. The predicted molar refractivity (Wildman–Crippen MR) is 84.0 cm³/mol. The van der Waals surface area contributed by atoms with Crippen molar-refractivity contribution in [1.82, 2.24) is 0 Å². The molecule has 23 heavy (non-hydrogen) atoms. The lowest BCUT2D eigenvalue weighted by molar-refractivity contribution is -0.0498. The lowest BCUT2D eigenvalue weighted by Gasteiger charge is -2.04. The van der Waals surface area contributed by atoms with Crippen LogP contribution in [0.15, 0.2) is 54.6 Å². The van der Waals surface area contributed by atoms with Crippen molar-refractivity contribution >= 4 is 11.9 Å². The van der Waals surface area contributed by atoms with Gasteiger partial charge in [0.2, 0.25) is 0 Å². The van der Waals surface area contributed by atoms with Crippen LogP contribution in [0.2, 0.25) is 0 Å². The zero-order valence-electron chi connectivity index (χ0n) is 12.5. The van der Waals surface area contributed by atoms with Gasteiger partial charge in [0, 0.05) is 5.56 Å². The smallest absolute Gasteiger partial charge is 0.387 e. The number of carbonyl (C=O) groups excluding carboxylic acids is 1. The lowest BCUT2D eigenvalue weighted by atomic mass is 10.1. The fraction of sp³-hybridized carbons (Fsp3) is 0.167. The van der Waals surface area contributed by atoms with Crippen molar-refractivity contribution < 1.29 is 23.0 Å². The third-order valence-electron chi connectivity index (χ3n) is 2.96. The van der Waals surface area contributed by atoms with Gasteiger partial charge in [0.25, 0.3) is 0 Å². The average molecular weight is 318 g/mol. The second-order valence-corrected chi connectivity index (χ2v) is 4.61. The van der Waals surface area contributed by atoms with E-state index < -0.39 is 6.61 Å². The summed E-state index contributed by atoms with van der Waals surface area (Å²) in [4.78, 5) is 12.1. The summed E-state index contributed by atoms with van der Waals surface area (Å²) in [6.07, 6.45) is 3.10. The molecule has 0 aliphatic carbocycles. The van der Waals surface area contributed by atoms with Crippen molar-refractivity contribution in [2.24, 2.45) is 0 Å². The lowest BCUT2D eigenvalue weighted by Crippen LogP contribution is -2.02. The minimum absolute atomic E-state index is 0.0185. The molecule has 0 atom stereocenters. The maximum absolute atomic E-state index is 12.1. The summed E-state index contributed by atoms with van der Waals surface area (Å²) >= 11 is 0. The van der Waals surface area contributed by atoms with Crippen LogP contribution in [0.25, 0.3) is 6.08 Å². The van der Waals surface area contributed by atoms with Crippen molar-refractivity contribution in [3.8, 4) is 11.5 Å². The summed E-state index contributed by atoms with van der Waals surface area (Å²) in [5.41, 5.74) is 1.23. The molecule has 0 aliphatic rings. The monoisotopic (exact) mass is 318 g/mol. The average Bonchev–Trinajstić information content (AvgIpc) is 2.53. The maximum atomic E-state index is 12.1. The van der Waals surface area contributed by atoms with Crippen LogP contribution in [0.1, 0.15) is 22.8 Å². The summed E-state index contributed by atoms with van der Waals surface area (Å²) in [7, 11) is 0. The van der Waals surface area contributed by atoms with E-state index in [0.29, 0.717) is 12.2 Å². The number of benzene rings is 2. The van der Waals surface area contributed by atoms with Crippen LogP contribution in [0.4, 0.5) is 8.78 Å². The molecule has 0 aromatic heterocycles. The van der Waals surface area contributed by atoms with E-state index in [9.17, 15) is 13.6 Å². The predicted octanol–water partition coefficient (Wildman–Crippen LogP) is 4.58. The van der Waals surface area contributed by atoms with Gasteiger partial charge < -0.3 is 9.47 Å². The van der Waals surface area contributed by atoms with E-state index in [1.807, 2.05) is 31.2 Å². The van der Waals surface area contributed by atoms with Crippen LogP contribution in [0.5, 0.6) is 11.5 Å². The topological polar surface area (TPSA) is 35.5 Å². The summed E-state index contributed by atoms with van der Waals surface area (Å²) < 4.78 is 33.8. The standard InChI is InChI=1S/C18H16F2O3/c1-2-22-16-5-3-4-13(12-16)6-11-17(21)14-7-9-15(10-8-14)23-18(19)20/h3-12,18H,2H2,1H3/b11-6+. The molecular weight excluding hydrogens is 302 g/mol. The molecule has 0 saturated carbocycles. The number of alkyl halides is 2. The van der Waals surface area contributed by atoms with Crippen LogP contribution in [-0.4, -0.2) is 19.0 Å². The molecule has 2 aromatic rings. The van der Waals surface area contributed by atoms with Crippen LogP contribution in [0.3, 0.4) is 0 Å². The van der Waals surface area contributed by atoms with Gasteiger partial charge in [0.05, 0.1) is 6.61 Å². The number of allylic oxidation sites excluding steroid dienone is 1. The minimum atomic E-state index is -2.88. The van der Waals surface area contributed by atoms with E-state index >= 15 is 0 Å².